The fourth-order valence-electron chi connectivity index (χ4n) is 10.8. The fraction of sp³-hybridized carbons (Fsp3) is 0.727. The van der Waals surface area contributed by atoms with Crippen LogP contribution in [0.1, 0.15) is 18.9 Å². The Morgan fingerprint density at radius 1 is 0.536 bits per heavy atom. The van der Waals surface area contributed by atoms with Crippen LogP contribution in [0.2, 0.25) is 82.8 Å². The van der Waals surface area contributed by atoms with Crippen LogP contribution in [0.25, 0.3) is 0 Å². The largest absolute Gasteiger partial charge is 0.0713 e. The van der Waals surface area contributed by atoms with E-state index in [9.17, 15) is 0 Å². The molecule has 3 aliphatic heterocycles. The van der Waals surface area contributed by atoms with Crippen LogP contribution in [0.5, 0.6) is 0 Å². The second kappa shape index (κ2) is 5.85. The first-order chi connectivity index (χ1) is 12.4. The molecule has 0 nitrogen and oxygen atoms in total. The Morgan fingerprint density at radius 3 is 1.14 bits per heavy atom. The van der Waals surface area contributed by atoms with Crippen LogP contribution in [0.15, 0.2) is 30.3 Å². The smallest absolute Gasteiger partial charge is 0.0464 e. The molecule has 0 atom stereocenters. The van der Waals surface area contributed by atoms with Crippen LogP contribution in [-0.4, -0.2) is 45.5 Å². The van der Waals surface area contributed by atoms with Crippen molar-refractivity contribution in [2.75, 3.05) is 0 Å². The van der Waals surface area contributed by atoms with Crippen molar-refractivity contribution >= 4 is 45.5 Å². The van der Waals surface area contributed by atoms with Gasteiger partial charge in [0.05, 0.1) is 0 Å². The molecule has 0 amide bonds. The highest BCUT2D eigenvalue weighted by Gasteiger charge is 2.91. The first kappa shape index (κ1) is 23.2. The lowest BCUT2D eigenvalue weighted by Gasteiger charge is -2.89. The SMILES string of the molecule is CCC12[Si](C)(C)[Si](C)(C)C(c3ccccc3)([Si](C)(C)[Si]1(C)C)[Si](C)(C)[Si]2(C)C. The van der Waals surface area contributed by atoms with Crippen molar-refractivity contribution in [2.45, 2.75) is 100 Å². The molecular weight excluding hydrogens is 433 g/mol. The molecule has 3 aliphatic rings. The Hall–Kier alpha value is 0.521. The minimum atomic E-state index is -1.50. The van der Waals surface area contributed by atoms with E-state index in [1.165, 1.54) is 6.42 Å². The topological polar surface area (TPSA) is 0 Å². The zero-order chi connectivity index (χ0) is 21.8. The van der Waals surface area contributed by atoms with Gasteiger partial charge in [0.1, 0.15) is 0 Å². The van der Waals surface area contributed by atoms with Crippen LogP contribution >= 0.6 is 0 Å². The van der Waals surface area contributed by atoms with Gasteiger partial charge in [-0.3, -0.25) is 0 Å². The van der Waals surface area contributed by atoms with Crippen molar-refractivity contribution in [3.8, 4) is 0 Å². The number of rotatable bonds is 2. The van der Waals surface area contributed by atoms with Crippen molar-refractivity contribution in [3.05, 3.63) is 35.9 Å². The van der Waals surface area contributed by atoms with Crippen molar-refractivity contribution in [1.29, 1.82) is 0 Å². The summed E-state index contributed by atoms with van der Waals surface area (Å²) >= 11 is 0. The van der Waals surface area contributed by atoms with Gasteiger partial charge in [-0.15, -0.1) is 0 Å². The van der Waals surface area contributed by atoms with Crippen LogP contribution in [-0.2, 0) is 4.28 Å². The number of fused-ring (bicyclic) bond motifs is 3. The van der Waals surface area contributed by atoms with Crippen LogP contribution in [0.3, 0.4) is 0 Å². The summed E-state index contributed by atoms with van der Waals surface area (Å²) < 4.78 is 1.47. The molecular formula is C22H46Si6. The number of hydrogen-bond acceptors (Lipinski definition) is 0. The highest BCUT2D eigenvalue weighted by Crippen LogP contribution is 2.77. The predicted octanol–water partition coefficient (Wildman–Crippen LogP) is 7.28. The molecule has 0 aliphatic carbocycles. The summed E-state index contributed by atoms with van der Waals surface area (Å²) in [4.78, 5) is 0. The highest BCUT2D eigenvalue weighted by atomic mass is 29.4. The third-order valence-electron chi connectivity index (χ3n) is 12.4. The maximum Gasteiger partial charge on any atom is 0.0464 e. The number of hydrogen-bond donors (Lipinski definition) is 0. The molecule has 3 fully saturated rings. The summed E-state index contributed by atoms with van der Waals surface area (Å²) in [5.41, 5.74) is 1.83. The Balaban J connectivity index is 2.68. The minimum absolute atomic E-state index is 0.645. The number of benzene rings is 1. The van der Waals surface area contributed by atoms with Gasteiger partial charge in [-0.1, -0.05) is 128 Å². The van der Waals surface area contributed by atoms with E-state index in [2.05, 4.69) is 116 Å². The van der Waals surface area contributed by atoms with E-state index < -0.39 is 45.5 Å². The molecule has 1 aromatic rings. The van der Waals surface area contributed by atoms with Crippen LogP contribution in [0, 0.1) is 0 Å². The van der Waals surface area contributed by atoms with Gasteiger partial charge in [-0.2, -0.15) is 0 Å². The Morgan fingerprint density at radius 2 is 0.857 bits per heavy atom. The lowest BCUT2D eigenvalue weighted by atomic mass is 10.2. The summed E-state index contributed by atoms with van der Waals surface area (Å²) in [7, 11) is -8.76. The van der Waals surface area contributed by atoms with E-state index in [0.717, 1.165) is 4.28 Å². The molecule has 1 aromatic carbocycles. The lowest BCUT2D eigenvalue weighted by Crippen LogP contribution is -3.07. The third kappa shape index (κ3) is 1.78. The normalized spacial score (nSPS) is 38.2. The zero-order valence-corrected chi connectivity index (χ0v) is 27.1. The van der Waals surface area contributed by atoms with E-state index in [1.54, 1.807) is 0 Å². The van der Waals surface area contributed by atoms with E-state index in [1.807, 2.05) is 5.56 Å². The molecule has 158 valence electrons. The Labute approximate surface area is 181 Å². The molecule has 28 heavy (non-hydrogen) atoms. The second-order valence-electron chi connectivity index (χ2n) is 13.1. The van der Waals surface area contributed by atoms with Gasteiger partial charge in [0.25, 0.3) is 0 Å². The minimum Gasteiger partial charge on any atom is -0.0713 e. The summed E-state index contributed by atoms with van der Waals surface area (Å²) in [6.45, 7) is 37.6. The summed E-state index contributed by atoms with van der Waals surface area (Å²) in [5.74, 6) is 0. The van der Waals surface area contributed by atoms with Crippen LogP contribution in [0.4, 0.5) is 0 Å². The van der Waals surface area contributed by atoms with Gasteiger partial charge in [0.15, 0.2) is 0 Å². The summed E-state index contributed by atoms with van der Waals surface area (Å²) in [6, 6.07) is 12.2. The van der Waals surface area contributed by atoms with Crippen molar-refractivity contribution < 1.29 is 0 Å². The van der Waals surface area contributed by atoms with E-state index in [-0.39, 0.29) is 0 Å². The first-order valence-electron chi connectivity index (χ1n) is 11.5. The van der Waals surface area contributed by atoms with Gasteiger partial charge >= 0.3 is 0 Å². The van der Waals surface area contributed by atoms with Gasteiger partial charge in [-0.25, -0.2) is 0 Å². The zero-order valence-electron chi connectivity index (χ0n) is 21.1. The molecule has 0 N–H and O–H groups in total. The molecule has 0 unspecified atom stereocenters. The average molecular weight is 479 g/mol. The molecule has 0 spiro atoms. The molecule has 0 aromatic heterocycles. The highest BCUT2D eigenvalue weighted by molar-refractivity contribution is 7.77. The van der Waals surface area contributed by atoms with E-state index in [0.29, 0.717) is 4.28 Å². The lowest BCUT2D eigenvalue weighted by molar-refractivity contribution is 0.827. The molecule has 2 bridgehead atoms. The van der Waals surface area contributed by atoms with Gasteiger partial charge in [-0.05, 0) is 8.57 Å². The van der Waals surface area contributed by atoms with Crippen molar-refractivity contribution in [3.63, 3.8) is 0 Å². The standard InChI is InChI=1S/C22H46Si6/c1-14-21-23(2,3)26(8,9)22(20-18-16-15-17-19-20,27(10,11)24(21,4)5)28(12,13)25(21,6)7/h15-19H,14H2,1-13H3. The third-order valence-corrected chi connectivity index (χ3v) is 103. The quantitative estimate of drug-likeness (QED) is 0.391. The molecule has 0 radical (unpaired) electrons. The maximum absolute atomic E-state index is 2.91. The Bertz CT molecular complexity index is 716. The van der Waals surface area contributed by atoms with Crippen molar-refractivity contribution in [2.24, 2.45) is 0 Å². The average Bonchev–Trinajstić information content (AvgIpc) is 2.53. The molecule has 0 saturated carbocycles. The fourth-order valence-corrected chi connectivity index (χ4v) is 155. The molecule has 6 heteroatoms. The van der Waals surface area contributed by atoms with Crippen molar-refractivity contribution in [1.82, 2.24) is 0 Å². The Kier molecular flexibility index (Phi) is 4.85. The van der Waals surface area contributed by atoms with Crippen LogP contribution < -0.4 is 0 Å². The van der Waals surface area contributed by atoms with Gasteiger partial charge in [0.2, 0.25) is 0 Å². The monoisotopic (exact) mass is 478 g/mol. The van der Waals surface area contributed by atoms with Gasteiger partial charge < -0.3 is 0 Å². The molecule has 3 heterocycles. The van der Waals surface area contributed by atoms with Gasteiger partial charge in [0, 0.05) is 45.5 Å². The molecule has 4 rings (SSSR count). The summed E-state index contributed by atoms with van der Waals surface area (Å²) in [6.07, 6.45) is 1.51. The maximum atomic E-state index is 2.91. The van der Waals surface area contributed by atoms with E-state index in [4.69, 9.17) is 0 Å². The molecule has 3 saturated heterocycles. The first-order valence-corrected chi connectivity index (χ1v) is 32.5. The second-order valence-corrected chi connectivity index (χ2v) is 62.9. The summed E-state index contributed by atoms with van der Waals surface area (Å²) in [5, 5.41) is 0. The van der Waals surface area contributed by atoms with E-state index >= 15 is 0 Å². The predicted molar refractivity (Wildman–Crippen MR) is 146 cm³/mol.